The van der Waals surface area contributed by atoms with Gasteiger partial charge in [-0.1, -0.05) is 0 Å². The monoisotopic (exact) mass is 153 g/mol. The van der Waals surface area contributed by atoms with Crippen molar-refractivity contribution < 1.29 is 14.3 Å². The molecule has 0 aromatic heterocycles. The number of hydrogen-bond donors (Lipinski definition) is 3. The predicted octanol–water partition coefficient (Wildman–Crippen LogP) is -0.114. The molecule has 0 spiro atoms. The summed E-state index contributed by atoms with van der Waals surface area (Å²) in [4.78, 5) is 10.0. The van der Waals surface area contributed by atoms with Gasteiger partial charge in [0.2, 0.25) is 0 Å². The minimum Gasteiger partial charge on any atom is -0.480 e. The third kappa shape index (κ3) is 3.31. The Hall–Kier alpha value is -0.290. The highest BCUT2D eigenvalue weighted by Crippen LogP contribution is 1.86. The van der Waals surface area contributed by atoms with E-state index in [1.165, 1.54) is 0 Å². The lowest BCUT2D eigenvalue weighted by molar-refractivity contribution is -0.139. The van der Waals surface area contributed by atoms with Crippen LogP contribution in [0.3, 0.4) is 0 Å². The second-order valence-electron chi connectivity index (χ2n) is 1.41. The van der Waals surface area contributed by atoms with Gasteiger partial charge in [-0.3, -0.25) is 10.1 Å². The molecule has 5 heteroatoms. The zero-order valence-corrected chi connectivity index (χ0v) is 5.57. The fourth-order valence-electron chi connectivity index (χ4n) is 0.323. The summed E-state index contributed by atoms with van der Waals surface area (Å²) >= 11 is 3.68. The normalized spacial score (nSPS) is 13.1. The summed E-state index contributed by atoms with van der Waals surface area (Å²) in [5.41, 5.74) is 0. The molecule has 0 rings (SSSR count). The van der Waals surface area contributed by atoms with Gasteiger partial charge in [0, 0.05) is 5.75 Å². The first-order valence-corrected chi connectivity index (χ1v) is 2.98. The van der Waals surface area contributed by atoms with Crippen LogP contribution in [-0.2, 0) is 4.79 Å². The molecule has 0 unspecified atom stereocenters. The SMILES string of the molecule is O=C(O)[C@H](CS)NCF. The Bertz CT molecular complexity index is 101. The predicted molar refractivity (Wildman–Crippen MR) is 34.4 cm³/mol. The lowest BCUT2D eigenvalue weighted by Crippen LogP contribution is -2.37. The first kappa shape index (κ1) is 8.71. The van der Waals surface area contributed by atoms with E-state index in [1.54, 1.807) is 0 Å². The number of alkyl halides is 1. The highest BCUT2D eigenvalue weighted by atomic mass is 32.1. The number of hydrogen-bond acceptors (Lipinski definition) is 3. The molecule has 3 nitrogen and oxygen atoms in total. The van der Waals surface area contributed by atoms with Gasteiger partial charge >= 0.3 is 5.97 Å². The molecule has 0 radical (unpaired) electrons. The molecule has 54 valence electrons. The molecule has 0 saturated heterocycles. The van der Waals surface area contributed by atoms with E-state index in [4.69, 9.17) is 5.11 Å². The van der Waals surface area contributed by atoms with Gasteiger partial charge in [-0.15, -0.1) is 0 Å². The number of rotatable bonds is 4. The third-order valence-electron chi connectivity index (χ3n) is 0.804. The first-order valence-electron chi connectivity index (χ1n) is 2.35. The van der Waals surface area contributed by atoms with Crippen LogP contribution in [0.4, 0.5) is 4.39 Å². The number of carboxylic acid groups (broad SMARTS) is 1. The Labute approximate surface area is 57.7 Å². The van der Waals surface area contributed by atoms with E-state index in [2.05, 4.69) is 17.9 Å². The topological polar surface area (TPSA) is 49.3 Å². The lowest BCUT2D eigenvalue weighted by atomic mass is 10.3. The molecule has 0 fully saturated rings. The second kappa shape index (κ2) is 4.58. The van der Waals surface area contributed by atoms with Crippen LogP contribution in [0.1, 0.15) is 0 Å². The van der Waals surface area contributed by atoms with Crippen molar-refractivity contribution >= 4 is 18.6 Å². The molecule has 0 aliphatic rings. The number of nitrogens with one attached hydrogen (secondary N) is 1. The second-order valence-corrected chi connectivity index (χ2v) is 1.78. The van der Waals surface area contributed by atoms with E-state index in [0.29, 0.717) is 0 Å². The zero-order chi connectivity index (χ0) is 7.28. The van der Waals surface area contributed by atoms with Gasteiger partial charge in [-0.2, -0.15) is 12.6 Å². The number of thiol groups is 1. The average Bonchev–Trinajstić information content (AvgIpc) is 1.82. The summed E-state index contributed by atoms with van der Waals surface area (Å²) in [5, 5.41) is 10.3. The van der Waals surface area contributed by atoms with Crippen LogP contribution in [0, 0.1) is 0 Å². The summed E-state index contributed by atoms with van der Waals surface area (Å²) in [6, 6.07) is -0.877. The van der Waals surface area contributed by atoms with Crippen LogP contribution in [0.25, 0.3) is 0 Å². The van der Waals surface area contributed by atoms with Crippen molar-refractivity contribution in [1.29, 1.82) is 0 Å². The van der Waals surface area contributed by atoms with E-state index in [-0.39, 0.29) is 5.75 Å². The van der Waals surface area contributed by atoms with Crippen LogP contribution in [0.15, 0.2) is 0 Å². The van der Waals surface area contributed by atoms with E-state index in [1.807, 2.05) is 0 Å². The van der Waals surface area contributed by atoms with E-state index < -0.39 is 18.8 Å². The van der Waals surface area contributed by atoms with Gasteiger partial charge in [0.1, 0.15) is 12.8 Å². The lowest BCUT2D eigenvalue weighted by Gasteiger charge is -2.06. The van der Waals surface area contributed by atoms with Gasteiger partial charge in [0.05, 0.1) is 0 Å². The largest absolute Gasteiger partial charge is 0.480 e. The summed E-state index contributed by atoms with van der Waals surface area (Å²) in [5.74, 6) is -0.984. The minimum atomic E-state index is -1.08. The van der Waals surface area contributed by atoms with Crippen LogP contribution in [-0.4, -0.2) is 29.7 Å². The van der Waals surface area contributed by atoms with Crippen LogP contribution in [0.2, 0.25) is 0 Å². The van der Waals surface area contributed by atoms with Crippen molar-refractivity contribution in [1.82, 2.24) is 5.32 Å². The maximum atomic E-state index is 11.4. The molecular formula is C4H8FNO2S. The summed E-state index contributed by atoms with van der Waals surface area (Å²) < 4.78 is 11.4. The fourth-order valence-corrected chi connectivity index (χ4v) is 0.608. The average molecular weight is 153 g/mol. The van der Waals surface area contributed by atoms with Crippen LogP contribution >= 0.6 is 12.6 Å². The van der Waals surface area contributed by atoms with Gasteiger partial charge in [-0.25, -0.2) is 4.39 Å². The molecule has 2 N–H and O–H groups in total. The Morgan fingerprint density at radius 1 is 1.89 bits per heavy atom. The van der Waals surface area contributed by atoms with Crippen molar-refractivity contribution in [3.8, 4) is 0 Å². The minimum absolute atomic E-state index is 0.0965. The van der Waals surface area contributed by atoms with Crippen molar-refractivity contribution in [3.63, 3.8) is 0 Å². The highest BCUT2D eigenvalue weighted by Gasteiger charge is 2.12. The van der Waals surface area contributed by atoms with Crippen LogP contribution < -0.4 is 5.32 Å². The Kier molecular flexibility index (Phi) is 4.43. The molecule has 0 heterocycles. The van der Waals surface area contributed by atoms with E-state index in [0.717, 1.165) is 0 Å². The summed E-state index contributed by atoms with van der Waals surface area (Å²) in [6.45, 7) is -0.836. The highest BCUT2D eigenvalue weighted by molar-refractivity contribution is 7.80. The van der Waals surface area contributed by atoms with Gasteiger partial charge < -0.3 is 5.11 Å². The first-order chi connectivity index (χ1) is 4.22. The summed E-state index contributed by atoms with van der Waals surface area (Å²) in [7, 11) is 0. The standard InChI is InChI=1S/C4H8FNO2S/c5-2-6-3(1-9)4(7)8/h3,6,9H,1-2H2,(H,7,8)/t3-/m0/s1. The third-order valence-corrected chi connectivity index (χ3v) is 1.17. The van der Waals surface area contributed by atoms with Crippen molar-refractivity contribution in [2.45, 2.75) is 6.04 Å². The molecule has 0 aliphatic carbocycles. The van der Waals surface area contributed by atoms with Crippen molar-refractivity contribution in [2.24, 2.45) is 0 Å². The van der Waals surface area contributed by atoms with Crippen molar-refractivity contribution in [2.75, 3.05) is 12.6 Å². The Morgan fingerprint density at radius 3 is 2.56 bits per heavy atom. The van der Waals surface area contributed by atoms with Gasteiger partial charge in [-0.05, 0) is 0 Å². The van der Waals surface area contributed by atoms with Gasteiger partial charge in [0.15, 0.2) is 0 Å². The molecule has 0 amide bonds. The molecule has 0 saturated carbocycles. The zero-order valence-electron chi connectivity index (χ0n) is 4.67. The molecule has 1 atom stereocenters. The number of carboxylic acids is 1. The van der Waals surface area contributed by atoms with E-state index >= 15 is 0 Å². The molecule has 0 aromatic carbocycles. The molecule has 0 bridgehead atoms. The maximum Gasteiger partial charge on any atom is 0.321 e. The molecule has 0 aromatic rings. The number of carbonyl (C=O) groups is 1. The quantitative estimate of drug-likeness (QED) is 0.390. The smallest absolute Gasteiger partial charge is 0.321 e. The van der Waals surface area contributed by atoms with Gasteiger partial charge in [0.25, 0.3) is 0 Å². The maximum absolute atomic E-state index is 11.4. The van der Waals surface area contributed by atoms with Crippen LogP contribution in [0.5, 0.6) is 0 Å². The van der Waals surface area contributed by atoms with Crippen molar-refractivity contribution in [3.05, 3.63) is 0 Å². The molecule has 9 heavy (non-hydrogen) atoms. The fraction of sp³-hybridized carbons (Fsp3) is 0.750. The molecule has 0 aliphatic heterocycles. The number of halogens is 1. The molecular weight excluding hydrogens is 145 g/mol. The summed E-state index contributed by atoms with van der Waals surface area (Å²) in [6.07, 6.45) is 0. The Balaban J connectivity index is 3.54. The van der Waals surface area contributed by atoms with E-state index in [9.17, 15) is 9.18 Å². The number of aliphatic carboxylic acids is 1. The Morgan fingerprint density at radius 2 is 2.44 bits per heavy atom.